The lowest BCUT2D eigenvalue weighted by atomic mass is 10.3. The highest BCUT2D eigenvalue weighted by Crippen LogP contribution is 2.14. The number of nitrogens with one attached hydrogen (secondary N) is 1. The van der Waals surface area contributed by atoms with Crippen LogP contribution in [0.15, 0.2) is 43.0 Å². The van der Waals surface area contributed by atoms with Gasteiger partial charge in [-0.3, -0.25) is 4.79 Å². The fourth-order valence-corrected chi connectivity index (χ4v) is 2.80. The molecule has 0 aliphatic carbocycles. The Morgan fingerprint density at radius 3 is 2.68 bits per heavy atom. The van der Waals surface area contributed by atoms with Crippen molar-refractivity contribution in [1.82, 2.24) is 19.5 Å². The number of carbonyl (C=O) groups excluding carboxylic acids is 1. The second-order valence-electron chi connectivity index (χ2n) is 5.78. The van der Waals surface area contributed by atoms with Crippen molar-refractivity contribution >= 4 is 28.6 Å². The first-order valence-electron chi connectivity index (χ1n) is 8.14. The normalized spacial score (nSPS) is 14.6. The molecule has 0 spiro atoms. The Balaban J connectivity index is 1.40. The minimum Gasteiger partial charge on any atom is -0.378 e. The standard InChI is InChI=1S/C17H18N6O2/c24-16(11-23-12-20-14-3-1-2-4-15(14)23)21-13-9-18-17(19-10-13)22-5-7-25-8-6-22/h1-4,9-10,12H,5-8,11H2,(H,21,24). The van der Waals surface area contributed by atoms with Gasteiger partial charge in [0.2, 0.25) is 11.9 Å². The number of anilines is 2. The first-order valence-corrected chi connectivity index (χ1v) is 8.14. The van der Waals surface area contributed by atoms with Gasteiger partial charge in [0.05, 0.1) is 48.7 Å². The van der Waals surface area contributed by atoms with Gasteiger partial charge in [0, 0.05) is 13.1 Å². The molecule has 0 unspecified atom stereocenters. The van der Waals surface area contributed by atoms with Crippen molar-refractivity contribution in [3.8, 4) is 0 Å². The van der Waals surface area contributed by atoms with Crippen molar-refractivity contribution in [2.75, 3.05) is 36.5 Å². The van der Waals surface area contributed by atoms with E-state index in [1.54, 1.807) is 18.7 Å². The van der Waals surface area contributed by atoms with E-state index in [0.29, 0.717) is 24.8 Å². The molecule has 0 radical (unpaired) electrons. The lowest BCUT2D eigenvalue weighted by Gasteiger charge is -2.26. The van der Waals surface area contributed by atoms with Gasteiger partial charge in [-0.15, -0.1) is 0 Å². The number of hydrogen-bond acceptors (Lipinski definition) is 6. The van der Waals surface area contributed by atoms with Crippen molar-refractivity contribution < 1.29 is 9.53 Å². The number of rotatable bonds is 4. The Kier molecular flexibility index (Phi) is 4.26. The summed E-state index contributed by atoms with van der Waals surface area (Å²) in [5, 5.41) is 2.82. The van der Waals surface area contributed by atoms with Crippen LogP contribution in [-0.4, -0.2) is 51.7 Å². The van der Waals surface area contributed by atoms with Gasteiger partial charge in [0.25, 0.3) is 0 Å². The van der Waals surface area contributed by atoms with E-state index in [9.17, 15) is 4.79 Å². The molecular formula is C17H18N6O2. The Labute approximate surface area is 144 Å². The predicted octanol–water partition coefficient (Wildman–Crippen LogP) is 1.30. The summed E-state index contributed by atoms with van der Waals surface area (Å²) >= 11 is 0. The quantitative estimate of drug-likeness (QED) is 0.772. The summed E-state index contributed by atoms with van der Waals surface area (Å²) in [5.74, 6) is 0.507. The van der Waals surface area contributed by atoms with Gasteiger partial charge in [0.1, 0.15) is 6.54 Å². The smallest absolute Gasteiger partial charge is 0.244 e. The topological polar surface area (TPSA) is 85.2 Å². The zero-order valence-corrected chi connectivity index (χ0v) is 13.6. The lowest BCUT2D eigenvalue weighted by Crippen LogP contribution is -2.37. The van der Waals surface area contributed by atoms with Crippen LogP contribution in [0, 0.1) is 0 Å². The monoisotopic (exact) mass is 338 g/mol. The van der Waals surface area contributed by atoms with E-state index >= 15 is 0 Å². The summed E-state index contributed by atoms with van der Waals surface area (Å²) in [7, 11) is 0. The largest absolute Gasteiger partial charge is 0.378 e. The Morgan fingerprint density at radius 2 is 1.88 bits per heavy atom. The van der Waals surface area contributed by atoms with Crippen LogP contribution >= 0.6 is 0 Å². The van der Waals surface area contributed by atoms with Gasteiger partial charge >= 0.3 is 0 Å². The van der Waals surface area contributed by atoms with Gasteiger partial charge in [-0.05, 0) is 12.1 Å². The van der Waals surface area contributed by atoms with Crippen LogP contribution in [-0.2, 0) is 16.1 Å². The number of carbonyl (C=O) groups is 1. The number of amides is 1. The van der Waals surface area contributed by atoms with Crippen molar-refractivity contribution in [1.29, 1.82) is 0 Å². The molecule has 1 amide bonds. The summed E-state index contributed by atoms with van der Waals surface area (Å²) in [4.78, 5) is 27.3. The van der Waals surface area contributed by atoms with Gasteiger partial charge in [-0.1, -0.05) is 12.1 Å². The van der Waals surface area contributed by atoms with E-state index in [1.165, 1.54) is 0 Å². The Bertz CT molecular complexity index is 870. The number of nitrogens with zero attached hydrogens (tertiary/aromatic N) is 5. The van der Waals surface area contributed by atoms with Crippen LogP contribution in [0.4, 0.5) is 11.6 Å². The highest BCUT2D eigenvalue weighted by atomic mass is 16.5. The molecule has 1 saturated heterocycles. The van der Waals surface area contributed by atoms with E-state index in [1.807, 2.05) is 28.8 Å². The number of hydrogen-bond donors (Lipinski definition) is 1. The van der Waals surface area contributed by atoms with E-state index < -0.39 is 0 Å². The summed E-state index contributed by atoms with van der Waals surface area (Å²) in [5.41, 5.74) is 2.37. The number of aromatic nitrogens is 4. The van der Waals surface area contributed by atoms with Crippen LogP contribution < -0.4 is 10.2 Å². The molecule has 1 aliphatic heterocycles. The summed E-state index contributed by atoms with van der Waals surface area (Å²) in [6.45, 7) is 3.10. The van der Waals surface area contributed by atoms with Crippen LogP contribution in [0.1, 0.15) is 0 Å². The molecule has 1 N–H and O–H groups in total. The minimum absolute atomic E-state index is 0.147. The number of para-hydroxylation sites is 2. The van der Waals surface area contributed by atoms with Crippen molar-refractivity contribution in [3.05, 3.63) is 43.0 Å². The van der Waals surface area contributed by atoms with Crippen molar-refractivity contribution in [2.24, 2.45) is 0 Å². The van der Waals surface area contributed by atoms with Gasteiger partial charge in [0.15, 0.2) is 0 Å². The zero-order valence-electron chi connectivity index (χ0n) is 13.6. The second kappa shape index (κ2) is 6.86. The van der Waals surface area contributed by atoms with Gasteiger partial charge in [-0.2, -0.15) is 0 Å². The maximum Gasteiger partial charge on any atom is 0.244 e. The Hall–Kier alpha value is -3.00. The highest BCUT2D eigenvalue weighted by molar-refractivity contribution is 5.91. The summed E-state index contributed by atoms with van der Waals surface area (Å²) in [6, 6.07) is 7.71. The minimum atomic E-state index is -0.147. The predicted molar refractivity (Wildman–Crippen MR) is 93.4 cm³/mol. The molecule has 0 bridgehead atoms. The molecule has 2 aromatic heterocycles. The number of imidazole rings is 1. The Morgan fingerprint density at radius 1 is 1.12 bits per heavy atom. The van der Waals surface area contributed by atoms with Crippen LogP contribution in [0.3, 0.4) is 0 Å². The molecule has 8 heteroatoms. The van der Waals surface area contributed by atoms with E-state index in [4.69, 9.17) is 4.74 Å². The SMILES string of the molecule is O=C(Cn1cnc2ccccc21)Nc1cnc(N2CCOCC2)nc1. The fourth-order valence-electron chi connectivity index (χ4n) is 2.80. The van der Waals surface area contributed by atoms with E-state index in [0.717, 1.165) is 24.1 Å². The second-order valence-corrected chi connectivity index (χ2v) is 5.78. The number of ether oxygens (including phenoxy) is 1. The molecule has 3 aromatic rings. The average molecular weight is 338 g/mol. The van der Waals surface area contributed by atoms with Gasteiger partial charge in [-0.25, -0.2) is 15.0 Å². The first kappa shape index (κ1) is 15.5. The van der Waals surface area contributed by atoms with Crippen molar-refractivity contribution in [3.63, 3.8) is 0 Å². The number of benzene rings is 1. The van der Waals surface area contributed by atoms with E-state index in [2.05, 4.69) is 25.2 Å². The molecule has 1 fully saturated rings. The molecule has 0 saturated carbocycles. The van der Waals surface area contributed by atoms with Crippen LogP contribution in [0.25, 0.3) is 11.0 Å². The van der Waals surface area contributed by atoms with E-state index in [-0.39, 0.29) is 12.5 Å². The average Bonchev–Trinajstić information content (AvgIpc) is 3.06. The molecule has 1 aromatic carbocycles. The molecular weight excluding hydrogens is 320 g/mol. The highest BCUT2D eigenvalue weighted by Gasteiger charge is 2.14. The van der Waals surface area contributed by atoms with Crippen molar-refractivity contribution in [2.45, 2.75) is 6.54 Å². The fraction of sp³-hybridized carbons (Fsp3) is 0.294. The lowest BCUT2D eigenvalue weighted by molar-refractivity contribution is -0.116. The zero-order chi connectivity index (χ0) is 17.1. The molecule has 0 atom stereocenters. The summed E-state index contributed by atoms with van der Waals surface area (Å²) < 4.78 is 7.13. The van der Waals surface area contributed by atoms with Crippen LogP contribution in [0.2, 0.25) is 0 Å². The summed E-state index contributed by atoms with van der Waals surface area (Å²) in [6.07, 6.45) is 4.92. The molecule has 4 rings (SSSR count). The molecule has 3 heterocycles. The molecule has 128 valence electrons. The molecule has 1 aliphatic rings. The third-order valence-corrected chi connectivity index (χ3v) is 4.06. The molecule has 25 heavy (non-hydrogen) atoms. The third-order valence-electron chi connectivity index (χ3n) is 4.06. The van der Waals surface area contributed by atoms with Crippen LogP contribution in [0.5, 0.6) is 0 Å². The first-order chi connectivity index (χ1) is 12.3. The third kappa shape index (κ3) is 3.43. The number of morpholine rings is 1. The molecule has 8 nitrogen and oxygen atoms in total. The maximum atomic E-state index is 12.3. The van der Waals surface area contributed by atoms with Gasteiger partial charge < -0.3 is 19.5 Å². The number of fused-ring (bicyclic) bond motifs is 1. The maximum absolute atomic E-state index is 12.3.